The Morgan fingerprint density at radius 3 is 2.21 bits per heavy atom. The maximum absolute atomic E-state index is 12.8. The second-order valence-electron chi connectivity index (χ2n) is 8.02. The highest BCUT2D eigenvalue weighted by atomic mass is 32.2. The second kappa shape index (κ2) is 11.3. The average molecular weight is 511 g/mol. The number of hydrogen-bond donors (Lipinski definition) is 4. The molecular weight excluding hydrogens is 484 g/mol. The lowest BCUT2D eigenvalue weighted by atomic mass is 9.80. The van der Waals surface area contributed by atoms with Crippen LogP contribution in [-0.4, -0.2) is 37.0 Å². The number of anilines is 2. The van der Waals surface area contributed by atoms with Crippen LogP contribution in [0, 0.1) is 11.8 Å². The molecule has 0 unspecified atom stereocenters. The van der Waals surface area contributed by atoms with Crippen LogP contribution in [0.5, 0.6) is 0 Å². The van der Waals surface area contributed by atoms with Gasteiger partial charge in [0.05, 0.1) is 12.0 Å². The molecule has 0 atom stereocenters. The van der Waals surface area contributed by atoms with Crippen LogP contribution < -0.4 is 10.6 Å². The van der Waals surface area contributed by atoms with E-state index in [2.05, 4.69) is 20.0 Å². The van der Waals surface area contributed by atoms with Crippen molar-refractivity contribution in [2.45, 2.75) is 42.4 Å². The number of nitrogens with one attached hydrogen (secondary N) is 2. The Kier molecular flexibility index (Phi) is 8.68. The summed E-state index contributed by atoms with van der Waals surface area (Å²) in [6, 6.07) is 9.13. The topological polar surface area (TPSA) is 151 Å². The minimum absolute atomic E-state index is 0.00765. The lowest BCUT2D eigenvalue weighted by Gasteiger charge is -2.26. The van der Waals surface area contributed by atoms with Crippen LogP contribution in [0.3, 0.4) is 0 Å². The molecule has 184 valence electrons. The summed E-state index contributed by atoms with van der Waals surface area (Å²) in [6.07, 6.45) is 2.59. The van der Waals surface area contributed by atoms with Crippen molar-refractivity contribution in [1.29, 1.82) is 0 Å². The van der Waals surface area contributed by atoms with Crippen molar-refractivity contribution in [3.8, 4) is 11.1 Å². The number of carbonyl (C=O) groups is 2. The Balaban J connectivity index is 1.89. The van der Waals surface area contributed by atoms with Crippen molar-refractivity contribution in [2.24, 2.45) is 11.8 Å². The number of hydrogen-bond acceptors (Lipinski definition) is 9. The number of amides is 1. The zero-order chi connectivity index (χ0) is 24.9. The van der Waals surface area contributed by atoms with Crippen molar-refractivity contribution < 1.29 is 37.2 Å². The minimum Gasteiger partial charge on any atom is -0.388 e. The van der Waals surface area contributed by atoms with Gasteiger partial charge in [0.1, 0.15) is 10.7 Å². The number of Topliss-reactive ketones (excluding diaryl/α,β-unsaturated/α-hetero) is 1. The van der Waals surface area contributed by atoms with E-state index in [1.807, 2.05) is 0 Å². The standard InChI is InChI=1S/C22H26N2O8S2/c1-13(25)14-3-5-15(6-4-14)22(26)24-17-8-9-18(20(11-17)33-32-31-27)19-10-7-16(23-2)12-21(19)34(28,29)30/h7-12,14-15,23,27H,3-6H2,1-2H3,(H,24,26)(H,28,29,30). The van der Waals surface area contributed by atoms with E-state index in [4.69, 9.17) is 5.26 Å². The molecule has 34 heavy (non-hydrogen) atoms. The van der Waals surface area contributed by atoms with E-state index >= 15 is 0 Å². The van der Waals surface area contributed by atoms with Crippen molar-refractivity contribution >= 4 is 45.2 Å². The molecule has 0 spiro atoms. The fourth-order valence-electron chi connectivity index (χ4n) is 4.06. The van der Waals surface area contributed by atoms with Gasteiger partial charge in [0.2, 0.25) is 5.91 Å². The predicted octanol–water partition coefficient (Wildman–Crippen LogP) is 4.40. The first kappa shape index (κ1) is 26.1. The summed E-state index contributed by atoms with van der Waals surface area (Å²) in [5.74, 6) is -0.242. The fraction of sp³-hybridized carbons (Fsp3) is 0.364. The van der Waals surface area contributed by atoms with Crippen molar-refractivity contribution in [3.05, 3.63) is 36.4 Å². The Hall–Kier alpha value is -2.48. The summed E-state index contributed by atoms with van der Waals surface area (Å²) in [5, 5.41) is 17.9. The molecule has 4 N–H and O–H groups in total. The monoisotopic (exact) mass is 510 g/mol. The summed E-state index contributed by atoms with van der Waals surface area (Å²) in [5.41, 5.74) is 1.44. The third-order valence-corrected chi connectivity index (χ3v) is 7.45. The maximum atomic E-state index is 12.8. The largest absolute Gasteiger partial charge is 0.388 e. The van der Waals surface area contributed by atoms with E-state index in [0.29, 0.717) is 59.6 Å². The highest BCUT2D eigenvalue weighted by Crippen LogP contribution is 2.39. The summed E-state index contributed by atoms with van der Waals surface area (Å²) >= 11 is 0.598. The molecule has 0 heterocycles. The van der Waals surface area contributed by atoms with Crippen LogP contribution in [0.1, 0.15) is 32.6 Å². The molecule has 1 aliphatic rings. The first-order valence-electron chi connectivity index (χ1n) is 10.5. The highest BCUT2D eigenvalue weighted by Gasteiger charge is 2.28. The summed E-state index contributed by atoms with van der Waals surface area (Å²) in [6.45, 7) is 1.57. The Morgan fingerprint density at radius 2 is 1.62 bits per heavy atom. The Labute approximate surface area is 201 Å². The number of rotatable bonds is 9. The molecule has 1 saturated carbocycles. The third kappa shape index (κ3) is 6.34. The molecular formula is C22H26N2O8S2. The van der Waals surface area contributed by atoms with Gasteiger partial charge >= 0.3 is 0 Å². The number of carbonyl (C=O) groups excluding carboxylic acids is 2. The van der Waals surface area contributed by atoms with Gasteiger partial charge < -0.3 is 10.6 Å². The summed E-state index contributed by atoms with van der Waals surface area (Å²) in [4.78, 5) is 24.3. The molecule has 0 radical (unpaired) electrons. The van der Waals surface area contributed by atoms with E-state index < -0.39 is 10.1 Å². The van der Waals surface area contributed by atoms with Gasteiger partial charge in [-0.2, -0.15) is 8.42 Å². The molecule has 2 aromatic carbocycles. The van der Waals surface area contributed by atoms with Crippen molar-refractivity contribution in [1.82, 2.24) is 0 Å². The van der Waals surface area contributed by atoms with Crippen LogP contribution in [0.4, 0.5) is 11.4 Å². The van der Waals surface area contributed by atoms with Gasteiger partial charge in [0.25, 0.3) is 10.1 Å². The van der Waals surface area contributed by atoms with Gasteiger partial charge in [-0.3, -0.25) is 14.1 Å². The molecule has 10 nitrogen and oxygen atoms in total. The quantitative estimate of drug-likeness (QED) is 0.165. The lowest BCUT2D eigenvalue weighted by Crippen LogP contribution is -2.29. The predicted molar refractivity (Wildman–Crippen MR) is 127 cm³/mol. The van der Waals surface area contributed by atoms with E-state index in [1.165, 1.54) is 18.2 Å². The lowest BCUT2D eigenvalue weighted by molar-refractivity contribution is -0.432. The highest BCUT2D eigenvalue weighted by molar-refractivity contribution is 7.94. The van der Waals surface area contributed by atoms with E-state index in [0.717, 1.165) is 0 Å². The fourth-order valence-corrected chi connectivity index (χ4v) is 5.34. The molecule has 0 saturated heterocycles. The van der Waals surface area contributed by atoms with Gasteiger partial charge in [-0.15, -0.1) is 4.33 Å². The molecule has 1 fully saturated rings. The molecule has 0 aliphatic heterocycles. The SMILES string of the molecule is CNc1ccc(-c2ccc(NC(=O)C3CCC(C(C)=O)CC3)cc2SOOO)c(S(=O)(=O)O)c1. The van der Waals surface area contributed by atoms with Gasteiger partial charge in [0.15, 0.2) is 0 Å². The van der Waals surface area contributed by atoms with Crippen LogP contribution in [-0.2, 0) is 29.1 Å². The van der Waals surface area contributed by atoms with Gasteiger partial charge in [-0.1, -0.05) is 17.2 Å². The smallest absolute Gasteiger partial charge is 0.295 e. The first-order valence-corrected chi connectivity index (χ1v) is 12.7. The molecule has 3 rings (SSSR count). The molecule has 2 aromatic rings. The maximum Gasteiger partial charge on any atom is 0.295 e. The normalized spacial score (nSPS) is 18.4. The third-order valence-electron chi connectivity index (χ3n) is 5.91. The molecule has 0 bridgehead atoms. The van der Waals surface area contributed by atoms with Crippen LogP contribution >= 0.6 is 12.0 Å². The molecule has 1 aliphatic carbocycles. The van der Waals surface area contributed by atoms with Crippen molar-refractivity contribution in [3.63, 3.8) is 0 Å². The summed E-state index contributed by atoms with van der Waals surface area (Å²) < 4.78 is 38.4. The van der Waals surface area contributed by atoms with Gasteiger partial charge in [-0.25, -0.2) is 5.26 Å². The average Bonchev–Trinajstić information content (AvgIpc) is 2.82. The Bertz CT molecular complexity index is 1160. The van der Waals surface area contributed by atoms with Crippen LogP contribution in [0.15, 0.2) is 46.2 Å². The van der Waals surface area contributed by atoms with Crippen LogP contribution in [0.2, 0.25) is 0 Å². The molecule has 1 amide bonds. The minimum atomic E-state index is -4.57. The number of benzene rings is 2. The molecule has 0 aromatic heterocycles. The van der Waals surface area contributed by atoms with Gasteiger partial charge in [0, 0.05) is 40.7 Å². The zero-order valence-corrected chi connectivity index (χ0v) is 20.2. The second-order valence-corrected chi connectivity index (χ2v) is 10.2. The van der Waals surface area contributed by atoms with Gasteiger partial charge in [-0.05, 0) is 62.4 Å². The first-order chi connectivity index (χ1) is 16.1. The Morgan fingerprint density at radius 1 is 1.00 bits per heavy atom. The van der Waals surface area contributed by atoms with Crippen molar-refractivity contribution in [2.75, 3.05) is 17.7 Å². The zero-order valence-electron chi connectivity index (χ0n) is 18.6. The molecule has 12 heteroatoms. The number of ketones is 1. The van der Waals surface area contributed by atoms with E-state index in [9.17, 15) is 22.6 Å². The summed E-state index contributed by atoms with van der Waals surface area (Å²) in [7, 11) is -2.96. The van der Waals surface area contributed by atoms with E-state index in [1.54, 1.807) is 32.2 Å². The van der Waals surface area contributed by atoms with Crippen LogP contribution in [0.25, 0.3) is 11.1 Å². The van der Waals surface area contributed by atoms with E-state index in [-0.39, 0.29) is 34.0 Å².